The van der Waals surface area contributed by atoms with E-state index in [1.807, 2.05) is 0 Å². The smallest absolute Gasteiger partial charge is 0.240 e. The minimum absolute atomic E-state index is 0. The van der Waals surface area contributed by atoms with E-state index in [4.69, 9.17) is 16.3 Å². The zero-order valence-electron chi connectivity index (χ0n) is 16.4. The Morgan fingerprint density at radius 2 is 1.93 bits per heavy atom. The first-order valence-electron chi connectivity index (χ1n) is 8.32. The maximum absolute atomic E-state index is 12.2. The van der Waals surface area contributed by atoms with Crippen molar-refractivity contribution in [3.05, 3.63) is 29.3 Å². The average molecular weight is 533 g/mol. The van der Waals surface area contributed by atoms with E-state index in [9.17, 15) is 8.42 Å². The largest absolute Gasteiger partial charge is 0.379 e. The van der Waals surface area contributed by atoms with Crippen LogP contribution in [0.5, 0.6) is 0 Å². The summed E-state index contributed by atoms with van der Waals surface area (Å²) in [5.41, 5.74) is -0.00675. The predicted octanol–water partition coefficient (Wildman–Crippen LogP) is 2.46. The van der Waals surface area contributed by atoms with Gasteiger partial charge in [-0.15, -0.1) is 24.0 Å². The quantitative estimate of drug-likeness (QED) is 0.207. The highest BCUT2D eigenvalue weighted by molar-refractivity contribution is 14.0. The third-order valence-electron chi connectivity index (χ3n) is 3.74. The van der Waals surface area contributed by atoms with Crippen LogP contribution in [0.4, 0.5) is 0 Å². The Labute approximate surface area is 184 Å². The molecule has 0 fully saturated rings. The van der Waals surface area contributed by atoms with Gasteiger partial charge in [-0.2, -0.15) is 0 Å². The average Bonchev–Trinajstić information content (AvgIpc) is 2.56. The van der Waals surface area contributed by atoms with Gasteiger partial charge in [0.25, 0.3) is 0 Å². The highest BCUT2D eigenvalue weighted by Gasteiger charge is 2.24. The number of ether oxygens (including phenoxy) is 1. The normalized spacial score (nSPS) is 13.6. The van der Waals surface area contributed by atoms with E-state index in [0.29, 0.717) is 24.1 Å². The van der Waals surface area contributed by atoms with E-state index in [1.54, 1.807) is 26.3 Å². The highest BCUT2D eigenvalue weighted by Crippen LogP contribution is 2.20. The molecule has 0 bridgehead atoms. The number of benzene rings is 1. The molecule has 0 aliphatic heterocycles. The monoisotopic (exact) mass is 532 g/mol. The lowest BCUT2D eigenvalue weighted by molar-refractivity contribution is 0.0205. The fourth-order valence-electron chi connectivity index (χ4n) is 2.24. The van der Waals surface area contributed by atoms with Gasteiger partial charge in [-0.3, -0.25) is 4.99 Å². The van der Waals surface area contributed by atoms with Crippen molar-refractivity contribution in [2.75, 3.05) is 33.8 Å². The zero-order valence-corrected chi connectivity index (χ0v) is 20.3. The van der Waals surface area contributed by atoms with Gasteiger partial charge >= 0.3 is 0 Å². The Balaban J connectivity index is 0.00000676. The van der Waals surface area contributed by atoms with Crippen molar-refractivity contribution >= 4 is 51.6 Å². The molecule has 27 heavy (non-hydrogen) atoms. The van der Waals surface area contributed by atoms with Crippen LogP contribution in [0.2, 0.25) is 5.02 Å². The van der Waals surface area contributed by atoms with Crippen LogP contribution in [0.15, 0.2) is 34.2 Å². The number of hydrogen-bond acceptors (Lipinski definition) is 4. The Kier molecular flexibility index (Phi) is 11.8. The van der Waals surface area contributed by atoms with Gasteiger partial charge in [0.05, 0.1) is 11.0 Å². The molecule has 0 radical (unpaired) electrons. The van der Waals surface area contributed by atoms with Crippen molar-refractivity contribution in [3.8, 4) is 0 Å². The highest BCUT2D eigenvalue weighted by atomic mass is 127. The zero-order chi connectivity index (χ0) is 19.8. The molecule has 1 atom stereocenters. The molecule has 156 valence electrons. The molecule has 0 aromatic heterocycles. The van der Waals surface area contributed by atoms with Crippen molar-refractivity contribution in [1.82, 2.24) is 15.4 Å². The lowest BCUT2D eigenvalue weighted by Crippen LogP contribution is -2.46. The van der Waals surface area contributed by atoms with Gasteiger partial charge in [0.15, 0.2) is 5.96 Å². The maximum Gasteiger partial charge on any atom is 0.240 e. The lowest BCUT2D eigenvalue weighted by atomic mass is 9.89. The van der Waals surface area contributed by atoms with Gasteiger partial charge in [-0.25, -0.2) is 13.1 Å². The molecule has 10 heteroatoms. The third kappa shape index (κ3) is 9.42. The van der Waals surface area contributed by atoms with Crippen molar-refractivity contribution in [2.45, 2.75) is 31.8 Å². The van der Waals surface area contributed by atoms with Crippen molar-refractivity contribution < 1.29 is 13.2 Å². The predicted molar refractivity (Wildman–Crippen MR) is 122 cm³/mol. The Bertz CT molecular complexity index is 708. The molecule has 0 heterocycles. The summed E-state index contributed by atoms with van der Waals surface area (Å²) in [5, 5.41) is 6.63. The number of nitrogens with one attached hydrogen (secondary N) is 3. The number of methoxy groups -OCH3 is 1. The van der Waals surface area contributed by atoms with E-state index in [1.165, 1.54) is 12.1 Å². The first-order valence-corrected chi connectivity index (χ1v) is 10.2. The molecule has 0 aliphatic rings. The molecular formula is C17H30ClIN4O3S. The van der Waals surface area contributed by atoms with Crippen LogP contribution < -0.4 is 15.4 Å². The number of sulfonamides is 1. The summed E-state index contributed by atoms with van der Waals surface area (Å²) in [6.07, 6.45) is 0.0161. The minimum Gasteiger partial charge on any atom is -0.379 e. The molecule has 7 nitrogen and oxygen atoms in total. The van der Waals surface area contributed by atoms with Crippen LogP contribution in [0, 0.1) is 5.41 Å². The molecule has 1 rings (SSSR count). The van der Waals surface area contributed by atoms with Crippen molar-refractivity contribution in [1.29, 1.82) is 0 Å². The Hall–Kier alpha value is -0.620. The summed E-state index contributed by atoms with van der Waals surface area (Å²) in [6.45, 7) is 7.49. The number of rotatable bonds is 8. The van der Waals surface area contributed by atoms with E-state index in [2.05, 4.69) is 41.1 Å². The Morgan fingerprint density at radius 1 is 1.26 bits per heavy atom. The molecular weight excluding hydrogens is 503 g/mol. The van der Waals surface area contributed by atoms with Gasteiger partial charge in [-0.1, -0.05) is 38.4 Å². The summed E-state index contributed by atoms with van der Waals surface area (Å²) in [4.78, 5) is 4.26. The number of halogens is 2. The molecule has 0 amide bonds. The van der Waals surface area contributed by atoms with E-state index in [0.717, 1.165) is 0 Å². The van der Waals surface area contributed by atoms with E-state index >= 15 is 0 Å². The van der Waals surface area contributed by atoms with Gasteiger partial charge in [0, 0.05) is 38.8 Å². The molecule has 1 aromatic rings. The molecule has 1 unspecified atom stereocenters. The van der Waals surface area contributed by atoms with E-state index in [-0.39, 0.29) is 46.9 Å². The van der Waals surface area contributed by atoms with Gasteiger partial charge in [-0.05, 0) is 23.6 Å². The van der Waals surface area contributed by atoms with Crippen LogP contribution in [-0.4, -0.2) is 54.3 Å². The first kappa shape index (κ1) is 26.4. The standard InChI is InChI=1S/C17H29ClN4O3S.HI/c1-17(2,3)15(25-5)12-21-16(19-4)20-9-10-22-26(23,24)14-8-6-7-13(18)11-14;/h6-8,11,15,22H,9-10,12H2,1-5H3,(H2,19,20,21);1H. The molecule has 1 aromatic carbocycles. The van der Waals surface area contributed by atoms with Crippen LogP contribution >= 0.6 is 35.6 Å². The van der Waals surface area contributed by atoms with Crippen molar-refractivity contribution in [2.24, 2.45) is 10.4 Å². The molecule has 0 saturated carbocycles. The van der Waals surface area contributed by atoms with Gasteiger partial charge < -0.3 is 15.4 Å². The van der Waals surface area contributed by atoms with Gasteiger partial charge in [0.1, 0.15) is 0 Å². The summed E-state index contributed by atoms with van der Waals surface area (Å²) in [6, 6.07) is 6.14. The number of nitrogens with zero attached hydrogens (tertiary/aromatic N) is 1. The second kappa shape index (κ2) is 12.1. The SMILES string of the molecule is CN=C(NCCNS(=O)(=O)c1cccc(Cl)c1)NCC(OC)C(C)(C)C.I. The first-order chi connectivity index (χ1) is 12.1. The van der Waals surface area contributed by atoms with Crippen LogP contribution in [-0.2, 0) is 14.8 Å². The minimum atomic E-state index is -3.59. The molecule has 3 N–H and O–H groups in total. The molecule has 0 aliphatic carbocycles. The second-order valence-corrected chi connectivity index (χ2v) is 9.03. The lowest BCUT2D eigenvalue weighted by Gasteiger charge is -2.30. The van der Waals surface area contributed by atoms with Gasteiger partial charge in [0.2, 0.25) is 10.0 Å². The van der Waals surface area contributed by atoms with Crippen LogP contribution in [0.3, 0.4) is 0 Å². The number of guanidine groups is 1. The van der Waals surface area contributed by atoms with Crippen molar-refractivity contribution in [3.63, 3.8) is 0 Å². The maximum atomic E-state index is 12.2. The molecule has 0 saturated heterocycles. The summed E-state index contributed by atoms with van der Waals surface area (Å²) in [7, 11) is -0.255. The summed E-state index contributed by atoms with van der Waals surface area (Å²) in [5.74, 6) is 0.582. The fraction of sp³-hybridized carbons (Fsp3) is 0.588. The third-order valence-corrected chi connectivity index (χ3v) is 5.44. The second-order valence-electron chi connectivity index (χ2n) is 6.83. The fourth-order valence-corrected chi connectivity index (χ4v) is 3.57. The number of hydrogen-bond donors (Lipinski definition) is 3. The van der Waals surface area contributed by atoms with Crippen LogP contribution in [0.25, 0.3) is 0 Å². The van der Waals surface area contributed by atoms with Crippen LogP contribution in [0.1, 0.15) is 20.8 Å². The topological polar surface area (TPSA) is 91.8 Å². The number of aliphatic imine (C=N–C) groups is 1. The summed E-state index contributed by atoms with van der Waals surface area (Å²) < 4.78 is 32.4. The van der Waals surface area contributed by atoms with E-state index < -0.39 is 10.0 Å². The summed E-state index contributed by atoms with van der Waals surface area (Å²) >= 11 is 5.84. The molecule has 0 spiro atoms. The Morgan fingerprint density at radius 3 is 2.44 bits per heavy atom.